The van der Waals surface area contributed by atoms with Gasteiger partial charge in [0.1, 0.15) is 0 Å². The number of carbonyl (C=O) groups excluding carboxylic acids is 1. The number of likely N-dealkylation sites (N-methyl/N-ethyl adjacent to an activating group) is 1. The van der Waals surface area contributed by atoms with E-state index in [-0.39, 0.29) is 18.3 Å². The third-order valence-corrected chi connectivity index (χ3v) is 2.57. The molecule has 0 aliphatic carbocycles. The summed E-state index contributed by atoms with van der Waals surface area (Å²) in [6.45, 7) is 6.36. The molecular weight excluding hydrogens is 252 g/mol. The van der Waals surface area contributed by atoms with E-state index in [9.17, 15) is 4.79 Å². The van der Waals surface area contributed by atoms with Crippen LogP contribution in [0, 0.1) is 0 Å². The molecule has 2 N–H and O–H groups in total. The third kappa shape index (κ3) is 4.55. The highest BCUT2D eigenvalue weighted by atomic mass is 35.5. The molecule has 1 aromatic carbocycles. The predicted octanol–water partition coefficient (Wildman–Crippen LogP) is 2.19. The molecule has 0 aromatic heterocycles. The van der Waals surface area contributed by atoms with E-state index >= 15 is 0 Å². The van der Waals surface area contributed by atoms with Crippen LogP contribution in [0.15, 0.2) is 24.3 Å². The van der Waals surface area contributed by atoms with Gasteiger partial charge in [-0.05, 0) is 26.0 Å². The number of anilines is 1. The number of rotatable bonds is 6. The third-order valence-electron chi connectivity index (χ3n) is 2.57. The first-order valence-electron chi connectivity index (χ1n) is 5.92. The van der Waals surface area contributed by atoms with Crippen molar-refractivity contribution in [2.45, 2.75) is 13.8 Å². The first-order valence-corrected chi connectivity index (χ1v) is 5.92. The van der Waals surface area contributed by atoms with E-state index in [1.54, 1.807) is 17.0 Å². The fourth-order valence-corrected chi connectivity index (χ4v) is 1.58. The number of nitrogen functional groups attached to an aromatic ring is 1. The smallest absolute Gasteiger partial charge is 0.256 e. The summed E-state index contributed by atoms with van der Waals surface area (Å²) in [4.78, 5) is 13.9. The molecule has 0 bridgehead atoms. The second-order valence-corrected chi connectivity index (χ2v) is 3.67. The Kier molecular flexibility index (Phi) is 8.16. The van der Waals surface area contributed by atoms with E-state index in [1.165, 1.54) is 0 Å². The summed E-state index contributed by atoms with van der Waals surface area (Å²) in [5.41, 5.74) is 6.87. The molecule has 4 nitrogen and oxygen atoms in total. The maximum absolute atomic E-state index is 12.2. The normalized spacial score (nSPS) is 9.67. The van der Waals surface area contributed by atoms with Gasteiger partial charge >= 0.3 is 0 Å². The van der Waals surface area contributed by atoms with Gasteiger partial charge in [-0.25, -0.2) is 0 Å². The summed E-state index contributed by atoms with van der Waals surface area (Å²) in [6, 6.07) is 7.13. The summed E-state index contributed by atoms with van der Waals surface area (Å²) >= 11 is 0. The molecule has 1 rings (SSSR count). The minimum atomic E-state index is -0.0368. The zero-order chi connectivity index (χ0) is 12.7. The maximum atomic E-state index is 12.2. The van der Waals surface area contributed by atoms with Crippen molar-refractivity contribution in [2.24, 2.45) is 0 Å². The van der Waals surface area contributed by atoms with E-state index in [4.69, 9.17) is 10.5 Å². The van der Waals surface area contributed by atoms with Crippen LogP contribution in [0.2, 0.25) is 0 Å². The van der Waals surface area contributed by atoms with E-state index in [2.05, 4.69) is 0 Å². The molecule has 0 unspecified atom stereocenters. The lowest BCUT2D eigenvalue weighted by Gasteiger charge is -2.21. The molecule has 18 heavy (non-hydrogen) atoms. The van der Waals surface area contributed by atoms with Crippen LogP contribution in [0.1, 0.15) is 24.2 Å². The van der Waals surface area contributed by atoms with Crippen molar-refractivity contribution in [1.82, 2.24) is 4.90 Å². The fraction of sp³-hybridized carbons (Fsp3) is 0.462. The van der Waals surface area contributed by atoms with Crippen LogP contribution in [0.4, 0.5) is 5.69 Å². The van der Waals surface area contributed by atoms with Crippen molar-refractivity contribution < 1.29 is 9.53 Å². The van der Waals surface area contributed by atoms with E-state index < -0.39 is 0 Å². The van der Waals surface area contributed by atoms with Gasteiger partial charge in [-0.2, -0.15) is 0 Å². The minimum absolute atomic E-state index is 0. The predicted molar refractivity (Wildman–Crippen MR) is 76.2 cm³/mol. The average molecular weight is 273 g/mol. The van der Waals surface area contributed by atoms with Crippen molar-refractivity contribution in [2.75, 3.05) is 32.0 Å². The van der Waals surface area contributed by atoms with Gasteiger partial charge < -0.3 is 15.4 Å². The molecule has 0 aliphatic rings. The van der Waals surface area contributed by atoms with Crippen LogP contribution in [-0.2, 0) is 4.74 Å². The monoisotopic (exact) mass is 272 g/mol. The topological polar surface area (TPSA) is 55.6 Å². The fourth-order valence-electron chi connectivity index (χ4n) is 1.58. The Morgan fingerprint density at radius 3 is 2.56 bits per heavy atom. The summed E-state index contributed by atoms with van der Waals surface area (Å²) in [5.74, 6) is -0.0368. The number of hydrogen-bond donors (Lipinski definition) is 1. The van der Waals surface area contributed by atoms with Crippen molar-refractivity contribution in [3.63, 3.8) is 0 Å². The first kappa shape index (κ1) is 16.7. The molecule has 0 spiro atoms. The van der Waals surface area contributed by atoms with E-state index in [1.807, 2.05) is 26.0 Å². The van der Waals surface area contributed by atoms with Gasteiger partial charge in [-0.15, -0.1) is 12.4 Å². The molecule has 0 heterocycles. The van der Waals surface area contributed by atoms with Crippen LogP contribution in [0.3, 0.4) is 0 Å². The zero-order valence-corrected chi connectivity index (χ0v) is 11.7. The molecule has 102 valence electrons. The average Bonchev–Trinajstić information content (AvgIpc) is 2.35. The molecule has 0 saturated heterocycles. The summed E-state index contributed by atoms with van der Waals surface area (Å²) in [7, 11) is 0. The van der Waals surface area contributed by atoms with Crippen molar-refractivity contribution in [3.05, 3.63) is 29.8 Å². The van der Waals surface area contributed by atoms with E-state index in [0.717, 1.165) is 0 Å². The standard InChI is InChI=1S/C13H20N2O2.ClH/c1-3-15(9-10-17-4-2)13(16)11-7-5-6-8-12(11)14;/h5-8H,3-4,9-10,14H2,1-2H3;1H. The molecule has 0 fully saturated rings. The lowest BCUT2D eigenvalue weighted by molar-refractivity contribution is 0.0670. The largest absolute Gasteiger partial charge is 0.398 e. The summed E-state index contributed by atoms with van der Waals surface area (Å²) in [5, 5.41) is 0. The van der Waals surface area contributed by atoms with E-state index in [0.29, 0.717) is 37.6 Å². The van der Waals surface area contributed by atoms with Gasteiger partial charge in [0.15, 0.2) is 0 Å². The van der Waals surface area contributed by atoms with Crippen LogP contribution < -0.4 is 5.73 Å². The lowest BCUT2D eigenvalue weighted by Crippen LogP contribution is -2.34. The number of para-hydroxylation sites is 1. The van der Waals surface area contributed by atoms with Crippen molar-refractivity contribution >= 4 is 24.0 Å². The number of nitrogens with zero attached hydrogens (tertiary/aromatic N) is 1. The number of benzene rings is 1. The summed E-state index contributed by atoms with van der Waals surface area (Å²) < 4.78 is 5.26. The number of carbonyl (C=O) groups is 1. The Hall–Kier alpha value is -1.26. The molecule has 5 heteroatoms. The molecule has 0 atom stereocenters. The number of nitrogens with two attached hydrogens (primary N) is 1. The van der Waals surface area contributed by atoms with Crippen molar-refractivity contribution in [3.8, 4) is 0 Å². The van der Waals surface area contributed by atoms with Crippen LogP contribution in [0.25, 0.3) is 0 Å². The van der Waals surface area contributed by atoms with Gasteiger partial charge in [-0.3, -0.25) is 4.79 Å². The van der Waals surface area contributed by atoms with Crippen LogP contribution >= 0.6 is 12.4 Å². The molecule has 0 saturated carbocycles. The Morgan fingerprint density at radius 2 is 2.00 bits per heavy atom. The Labute approximate surface area is 115 Å². The Morgan fingerprint density at radius 1 is 1.33 bits per heavy atom. The van der Waals surface area contributed by atoms with Crippen LogP contribution in [0.5, 0.6) is 0 Å². The Balaban J connectivity index is 0.00000289. The number of hydrogen-bond acceptors (Lipinski definition) is 3. The maximum Gasteiger partial charge on any atom is 0.256 e. The quantitative estimate of drug-likeness (QED) is 0.638. The molecule has 1 aromatic rings. The zero-order valence-electron chi connectivity index (χ0n) is 10.9. The highest BCUT2D eigenvalue weighted by Crippen LogP contribution is 2.13. The molecule has 0 aliphatic heterocycles. The second-order valence-electron chi connectivity index (χ2n) is 3.67. The SMILES string of the molecule is CCOCCN(CC)C(=O)c1ccccc1N.Cl. The van der Waals surface area contributed by atoms with Gasteiger partial charge in [0.25, 0.3) is 5.91 Å². The number of ether oxygens (including phenoxy) is 1. The lowest BCUT2D eigenvalue weighted by atomic mass is 10.1. The van der Waals surface area contributed by atoms with Gasteiger partial charge in [0, 0.05) is 25.4 Å². The van der Waals surface area contributed by atoms with Gasteiger partial charge in [0.2, 0.25) is 0 Å². The first-order chi connectivity index (χ1) is 8.20. The van der Waals surface area contributed by atoms with Crippen molar-refractivity contribution in [1.29, 1.82) is 0 Å². The summed E-state index contributed by atoms with van der Waals surface area (Å²) in [6.07, 6.45) is 0. The highest BCUT2D eigenvalue weighted by Gasteiger charge is 2.15. The number of amides is 1. The highest BCUT2D eigenvalue weighted by molar-refractivity contribution is 5.99. The number of halogens is 1. The minimum Gasteiger partial charge on any atom is -0.398 e. The molecule has 1 amide bonds. The second kappa shape index (κ2) is 8.78. The van der Waals surface area contributed by atoms with Gasteiger partial charge in [0.05, 0.1) is 12.2 Å². The Bertz CT molecular complexity index is 372. The van der Waals surface area contributed by atoms with Gasteiger partial charge in [-0.1, -0.05) is 12.1 Å². The molecule has 0 radical (unpaired) electrons. The molecular formula is C13H21ClN2O2. The van der Waals surface area contributed by atoms with Crippen LogP contribution in [-0.4, -0.2) is 37.1 Å².